The smallest absolute Gasteiger partial charge is 0.317 e. The first-order valence-corrected chi connectivity index (χ1v) is 17.3. The Balaban J connectivity index is 1.46. The van der Waals surface area contributed by atoms with Crippen molar-refractivity contribution in [2.24, 2.45) is 50.2 Å². The standard InChI is InChI=1S/C34H51O7P/c1-28(2)11-13-32(27(36)37)14-15-33(21-39-26(35)20-42-38)22(23(32)19-28)7-8-25-30(5)12-16-34(40-17-18-41-34)29(3,4)24(30)9-10-31(25,33)6/h7,23-25H,8-21H2,1-6H3,(H,36,37)/t23?,24?,25?,30?,31?,32?,33-/m0/s1. The van der Waals surface area contributed by atoms with Crippen LogP contribution >= 0.6 is 8.46 Å². The molecule has 6 unspecified atom stereocenters. The second-order valence-electron chi connectivity index (χ2n) is 16.5. The van der Waals surface area contributed by atoms with Crippen molar-refractivity contribution in [2.45, 2.75) is 112 Å². The summed E-state index contributed by atoms with van der Waals surface area (Å²) in [6.07, 6.45) is 10.9. The molecule has 234 valence electrons. The summed E-state index contributed by atoms with van der Waals surface area (Å²) >= 11 is 0. The van der Waals surface area contributed by atoms with Crippen LogP contribution in [0.1, 0.15) is 106 Å². The van der Waals surface area contributed by atoms with Gasteiger partial charge in [-0.15, -0.1) is 0 Å². The molecule has 42 heavy (non-hydrogen) atoms. The summed E-state index contributed by atoms with van der Waals surface area (Å²) in [5, 5.41) is 10.7. The zero-order chi connectivity index (χ0) is 30.4. The molecule has 0 aromatic rings. The highest BCUT2D eigenvalue weighted by Crippen LogP contribution is 2.77. The predicted molar refractivity (Wildman–Crippen MR) is 159 cm³/mol. The van der Waals surface area contributed by atoms with E-state index < -0.39 is 28.6 Å². The number of carboxylic acids is 1. The van der Waals surface area contributed by atoms with Gasteiger partial charge in [0.05, 0.1) is 18.6 Å². The second-order valence-corrected chi connectivity index (χ2v) is 17.1. The van der Waals surface area contributed by atoms with Crippen LogP contribution in [0.25, 0.3) is 0 Å². The first-order chi connectivity index (χ1) is 19.6. The van der Waals surface area contributed by atoms with Crippen LogP contribution in [0.4, 0.5) is 0 Å². The van der Waals surface area contributed by atoms with Gasteiger partial charge in [-0.1, -0.05) is 53.2 Å². The number of carbonyl (C=O) groups is 2. The van der Waals surface area contributed by atoms with Gasteiger partial charge in [0.25, 0.3) is 0 Å². The maximum absolute atomic E-state index is 13.1. The molecule has 0 amide bonds. The maximum atomic E-state index is 13.1. The quantitative estimate of drug-likeness (QED) is 0.198. The monoisotopic (exact) mass is 602 g/mol. The van der Waals surface area contributed by atoms with Gasteiger partial charge in [-0.05, 0) is 91.8 Å². The molecule has 0 aromatic heterocycles. The van der Waals surface area contributed by atoms with Crippen LogP contribution < -0.4 is 0 Å². The van der Waals surface area contributed by atoms with Crippen molar-refractivity contribution < 1.29 is 33.5 Å². The summed E-state index contributed by atoms with van der Waals surface area (Å²) in [4.78, 5) is 25.8. The van der Waals surface area contributed by atoms with E-state index in [0.717, 1.165) is 44.9 Å². The highest BCUT2D eigenvalue weighted by molar-refractivity contribution is 7.25. The zero-order valence-corrected chi connectivity index (χ0v) is 27.4. The zero-order valence-electron chi connectivity index (χ0n) is 26.6. The molecule has 7 nitrogen and oxygen atoms in total. The minimum absolute atomic E-state index is 0.0386. The lowest BCUT2D eigenvalue weighted by Crippen LogP contribution is -2.68. The number of rotatable bonds is 5. The number of carboxylic acid groups (broad SMARTS) is 1. The number of aliphatic carboxylic acids is 1. The molecule has 1 N–H and O–H groups in total. The number of hydrogen-bond donors (Lipinski definition) is 1. The normalized spacial score (nSPS) is 44.7. The topological polar surface area (TPSA) is 99.1 Å². The van der Waals surface area contributed by atoms with Gasteiger partial charge < -0.3 is 19.3 Å². The molecule has 8 heteroatoms. The van der Waals surface area contributed by atoms with Gasteiger partial charge in [0.1, 0.15) is 12.8 Å². The van der Waals surface area contributed by atoms with Crippen LogP contribution in [0.2, 0.25) is 0 Å². The molecule has 1 aliphatic heterocycles. The average molecular weight is 603 g/mol. The molecular formula is C34H51O7P. The molecule has 5 aliphatic carbocycles. The maximum Gasteiger partial charge on any atom is 0.317 e. The van der Waals surface area contributed by atoms with Crippen LogP contribution in [-0.4, -0.2) is 48.8 Å². The first-order valence-electron chi connectivity index (χ1n) is 16.3. The SMILES string of the molecule is CC1(C)CCC2(C(=O)O)CC[C@]3(COC(=O)CP=O)C(=CCC4C5(C)CCC6(OCCO6)C(C)(C)C5CCC43C)C2C1. The summed E-state index contributed by atoms with van der Waals surface area (Å²) in [6, 6.07) is 0. The first kappa shape index (κ1) is 30.7. The molecular weight excluding hydrogens is 551 g/mol. The summed E-state index contributed by atoms with van der Waals surface area (Å²) in [5.74, 6) is -0.932. The molecule has 1 spiro atoms. The largest absolute Gasteiger partial charge is 0.481 e. The molecule has 0 radical (unpaired) electrons. The van der Waals surface area contributed by atoms with E-state index >= 15 is 0 Å². The molecule has 6 rings (SSSR count). The van der Waals surface area contributed by atoms with Gasteiger partial charge in [-0.2, -0.15) is 0 Å². The van der Waals surface area contributed by atoms with Crippen LogP contribution in [0.15, 0.2) is 11.6 Å². The van der Waals surface area contributed by atoms with Gasteiger partial charge in [-0.3, -0.25) is 14.2 Å². The number of fused-ring (bicyclic) bond motifs is 7. The Labute approximate surface area is 253 Å². The van der Waals surface area contributed by atoms with E-state index in [2.05, 4.69) is 47.6 Å². The lowest BCUT2D eigenvalue weighted by Gasteiger charge is -2.72. The van der Waals surface area contributed by atoms with Gasteiger partial charge >= 0.3 is 11.9 Å². The van der Waals surface area contributed by atoms with E-state index in [9.17, 15) is 19.3 Å². The van der Waals surface area contributed by atoms with Gasteiger partial charge in [0, 0.05) is 17.3 Å². The minimum atomic E-state index is -0.761. The molecule has 4 saturated carbocycles. The molecule has 1 saturated heterocycles. The van der Waals surface area contributed by atoms with Crippen molar-refractivity contribution in [2.75, 3.05) is 26.0 Å². The molecule has 0 aromatic carbocycles. The molecule has 7 atom stereocenters. The van der Waals surface area contributed by atoms with Crippen LogP contribution in [0.5, 0.6) is 0 Å². The van der Waals surface area contributed by atoms with E-state index in [0.29, 0.717) is 44.3 Å². The summed E-state index contributed by atoms with van der Waals surface area (Å²) in [6.45, 7) is 15.7. The number of esters is 1. The number of carbonyl (C=O) groups excluding carboxylic acids is 1. The fraction of sp³-hybridized carbons (Fsp3) is 0.882. The second kappa shape index (κ2) is 9.85. The average Bonchev–Trinajstić information content (AvgIpc) is 3.41. The third kappa shape index (κ3) is 3.97. The highest BCUT2D eigenvalue weighted by atomic mass is 31.1. The lowest BCUT2D eigenvalue weighted by atomic mass is 9.33. The van der Waals surface area contributed by atoms with Gasteiger partial charge in [0.15, 0.2) is 14.2 Å². The van der Waals surface area contributed by atoms with Crippen molar-refractivity contribution in [3.8, 4) is 0 Å². The Bertz CT molecular complexity index is 1190. The Morgan fingerprint density at radius 2 is 1.64 bits per heavy atom. The summed E-state index contributed by atoms with van der Waals surface area (Å²) in [7, 11) is -0.236. The lowest BCUT2D eigenvalue weighted by molar-refractivity contribution is -0.308. The fourth-order valence-electron chi connectivity index (χ4n) is 11.9. The van der Waals surface area contributed by atoms with Crippen LogP contribution in [-0.2, 0) is 28.4 Å². The molecule has 5 fully saturated rings. The van der Waals surface area contributed by atoms with Crippen LogP contribution in [0, 0.1) is 50.2 Å². The van der Waals surface area contributed by atoms with E-state index in [1.807, 2.05) is 0 Å². The van der Waals surface area contributed by atoms with Crippen LogP contribution in [0.3, 0.4) is 0 Å². The summed E-state index contributed by atoms with van der Waals surface area (Å²) < 4.78 is 30.1. The Morgan fingerprint density at radius 1 is 0.952 bits per heavy atom. The van der Waals surface area contributed by atoms with Crippen molar-refractivity contribution in [1.82, 2.24) is 0 Å². The Hall–Kier alpha value is -1.30. The third-order valence-electron chi connectivity index (χ3n) is 14.3. The van der Waals surface area contributed by atoms with E-state index in [1.165, 1.54) is 5.57 Å². The minimum Gasteiger partial charge on any atom is -0.481 e. The molecule has 0 bridgehead atoms. The van der Waals surface area contributed by atoms with E-state index in [1.54, 1.807) is 0 Å². The highest BCUT2D eigenvalue weighted by Gasteiger charge is 2.73. The van der Waals surface area contributed by atoms with Crippen molar-refractivity contribution in [3.63, 3.8) is 0 Å². The number of ether oxygens (including phenoxy) is 3. The number of hydrogen-bond acceptors (Lipinski definition) is 6. The van der Waals surface area contributed by atoms with Gasteiger partial charge in [-0.25, -0.2) is 0 Å². The Morgan fingerprint density at radius 3 is 2.31 bits per heavy atom. The van der Waals surface area contributed by atoms with Gasteiger partial charge in [0.2, 0.25) is 0 Å². The fourth-order valence-corrected chi connectivity index (χ4v) is 12.1. The predicted octanol–water partition coefficient (Wildman–Crippen LogP) is 7.43. The van der Waals surface area contributed by atoms with Crippen molar-refractivity contribution >= 4 is 20.4 Å². The van der Waals surface area contributed by atoms with E-state index in [4.69, 9.17) is 14.2 Å². The van der Waals surface area contributed by atoms with Crippen molar-refractivity contribution in [3.05, 3.63) is 11.6 Å². The third-order valence-corrected chi connectivity index (χ3v) is 14.7. The van der Waals surface area contributed by atoms with E-state index in [-0.39, 0.29) is 48.8 Å². The molecule has 6 aliphatic rings. The Kier molecular flexibility index (Phi) is 7.20. The van der Waals surface area contributed by atoms with Crippen molar-refractivity contribution in [1.29, 1.82) is 0 Å². The summed E-state index contributed by atoms with van der Waals surface area (Å²) in [5.41, 5.74) is -0.174. The molecule has 1 heterocycles. The number of allylic oxidation sites excluding steroid dienone is 1.